The van der Waals surface area contributed by atoms with Crippen molar-refractivity contribution >= 4 is 46.9 Å². The summed E-state index contributed by atoms with van der Waals surface area (Å²) in [5.74, 6) is -5.16. The van der Waals surface area contributed by atoms with E-state index in [2.05, 4.69) is 19.9 Å². The molecule has 0 aliphatic heterocycles. The normalized spacial score (nSPS) is 8.06. The van der Waals surface area contributed by atoms with Crippen molar-refractivity contribution in [1.82, 2.24) is 19.9 Å². The van der Waals surface area contributed by atoms with Gasteiger partial charge in [0.25, 0.3) is 0 Å². The number of nitrogens with one attached hydrogen (secondary N) is 2. The number of carboxylic acid groups (broad SMARTS) is 4. The summed E-state index contributed by atoms with van der Waals surface area (Å²) in [5.41, 5.74) is -1.93. The first-order valence-electron chi connectivity index (χ1n) is 8.19. The summed E-state index contributed by atoms with van der Waals surface area (Å²) in [6.07, 6.45) is 2.51. The van der Waals surface area contributed by atoms with Gasteiger partial charge >= 0.3 is 35.0 Å². The first kappa shape index (κ1) is 49.1. The Morgan fingerprint density at radius 3 is 1.09 bits per heavy atom. The van der Waals surface area contributed by atoms with Gasteiger partial charge in [-0.2, -0.15) is 0 Å². The standard InChI is InChI=1S/2C8H10N2O4.Mg.6H2O/c2*1-2-3-4-9-5(7(11)12)6(10-4)8(13)14;;;;;;;/h2*2-3H2,1H3,(H,9,10)(H,11,12)(H,13,14);;6*1H2/q;;+2;;;;;;/p-2. The Bertz CT molecular complexity index is 764. The molecule has 0 amide bonds. The van der Waals surface area contributed by atoms with Gasteiger partial charge in [-0.15, -0.1) is 0 Å². The smallest absolute Gasteiger partial charge is 0.543 e. The number of imidazole rings is 2. The third-order valence-electron chi connectivity index (χ3n) is 3.29. The Morgan fingerprint density at radius 2 is 0.943 bits per heavy atom. The Morgan fingerprint density at radius 1 is 0.686 bits per heavy atom. The average molecular weight is 527 g/mol. The number of nitrogens with zero attached hydrogens (tertiary/aromatic N) is 2. The first-order chi connectivity index (χ1) is 13.1. The molecule has 0 radical (unpaired) electrons. The predicted molar refractivity (Wildman–Crippen MR) is 115 cm³/mol. The van der Waals surface area contributed by atoms with Crippen LogP contribution in [0.4, 0.5) is 0 Å². The molecule has 0 saturated carbocycles. The van der Waals surface area contributed by atoms with E-state index in [4.69, 9.17) is 10.2 Å². The molecule has 0 aromatic carbocycles. The van der Waals surface area contributed by atoms with Crippen molar-refractivity contribution < 1.29 is 72.5 Å². The number of hydrogen-bond donors (Lipinski definition) is 4. The maximum atomic E-state index is 10.6. The van der Waals surface area contributed by atoms with Crippen molar-refractivity contribution in [3.8, 4) is 0 Å². The van der Waals surface area contributed by atoms with Gasteiger partial charge in [-0.05, 0) is 12.8 Å². The Hall–Kier alpha value is -3.17. The molecule has 0 spiro atoms. The molecule has 2 rings (SSSR count). The number of carbonyl (C=O) groups is 4. The Kier molecular flexibility index (Phi) is 31.7. The van der Waals surface area contributed by atoms with Gasteiger partial charge in [-0.1, -0.05) is 13.8 Å². The summed E-state index contributed by atoms with van der Waals surface area (Å²) in [4.78, 5) is 54.2. The van der Waals surface area contributed by atoms with Gasteiger partial charge in [0, 0.05) is 12.8 Å². The van der Waals surface area contributed by atoms with Gasteiger partial charge in [-0.3, -0.25) is 0 Å². The van der Waals surface area contributed by atoms with E-state index in [0.717, 1.165) is 12.8 Å². The quantitative estimate of drug-likeness (QED) is 0.235. The second-order valence-corrected chi connectivity index (χ2v) is 5.50. The number of carbonyl (C=O) groups excluding carboxylic acids is 2. The molecule has 0 atom stereocenters. The molecular formula is C16H30MgN4O14. The zero-order valence-corrected chi connectivity index (χ0v) is 20.2. The minimum atomic E-state index is -1.58. The van der Waals surface area contributed by atoms with Crippen LogP contribution in [-0.4, -0.2) is 110 Å². The molecule has 35 heavy (non-hydrogen) atoms. The van der Waals surface area contributed by atoms with Crippen molar-refractivity contribution in [2.24, 2.45) is 0 Å². The summed E-state index contributed by atoms with van der Waals surface area (Å²) in [5, 5.41) is 38.2. The van der Waals surface area contributed by atoms with Crippen LogP contribution in [0.3, 0.4) is 0 Å². The van der Waals surface area contributed by atoms with E-state index < -0.39 is 46.7 Å². The van der Waals surface area contributed by atoms with Gasteiger partial charge in [0.1, 0.15) is 23.0 Å². The van der Waals surface area contributed by atoms with Crippen LogP contribution in [0.25, 0.3) is 0 Å². The number of carboxylic acids is 4. The number of hydrogen-bond acceptors (Lipinski definition) is 8. The summed E-state index contributed by atoms with van der Waals surface area (Å²) in [7, 11) is 0. The molecule has 2 heterocycles. The molecule has 0 aliphatic rings. The minimum Gasteiger partial charge on any atom is -0.543 e. The first-order valence-corrected chi connectivity index (χ1v) is 8.19. The third kappa shape index (κ3) is 14.0. The van der Waals surface area contributed by atoms with E-state index in [1.165, 1.54) is 0 Å². The molecule has 0 bridgehead atoms. The van der Waals surface area contributed by atoms with Gasteiger partial charge in [0.05, 0.1) is 11.9 Å². The number of aryl methyl sites for hydroxylation is 2. The average Bonchev–Trinajstić information content (AvgIpc) is 3.21. The fourth-order valence-corrected chi connectivity index (χ4v) is 2.16. The largest absolute Gasteiger partial charge is 2.00 e. The van der Waals surface area contributed by atoms with Crippen molar-refractivity contribution in [3.05, 3.63) is 34.4 Å². The van der Waals surface area contributed by atoms with E-state index in [1.807, 2.05) is 13.8 Å². The zero-order chi connectivity index (χ0) is 21.4. The molecule has 0 fully saturated rings. The fraction of sp³-hybridized carbons (Fsp3) is 0.375. The number of aromatic nitrogens is 4. The van der Waals surface area contributed by atoms with Gasteiger partial charge in [0.15, 0.2) is 11.4 Å². The Labute approximate surface area is 213 Å². The van der Waals surface area contributed by atoms with E-state index in [-0.39, 0.29) is 55.9 Å². The third-order valence-corrected chi connectivity index (χ3v) is 3.29. The van der Waals surface area contributed by atoms with Crippen molar-refractivity contribution in [2.45, 2.75) is 39.5 Å². The van der Waals surface area contributed by atoms with Gasteiger partial charge in [0.2, 0.25) is 0 Å². The molecular weight excluding hydrogens is 496 g/mol. The molecule has 16 N–H and O–H groups in total. The SMILES string of the molecule is CCCc1nc(C(=O)[O-])c(C(=O)O)[nH]1.CCCc1nc(C(=O)[O-])c(C(=O)O)[nH]1.O.O.O.O.O.O.[Mg+2]. The van der Waals surface area contributed by atoms with Crippen molar-refractivity contribution in [2.75, 3.05) is 0 Å². The molecule has 0 aliphatic carbocycles. The maximum absolute atomic E-state index is 10.6. The van der Waals surface area contributed by atoms with Gasteiger partial charge < -0.3 is 72.8 Å². The summed E-state index contributed by atoms with van der Waals surface area (Å²) >= 11 is 0. The van der Waals surface area contributed by atoms with E-state index in [0.29, 0.717) is 24.5 Å². The molecule has 18 nitrogen and oxygen atoms in total. The summed E-state index contributed by atoms with van der Waals surface area (Å²) in [6, 6.07) is 0. The second-order valence-electron chi connectivity index (χ2n) is 5.50. The predicted octanol–water partition coefficient (Wildman–Crippen LogP) is -6.48. The number of aromatic amines is 2. The van der Waals surface area contributed by atoms with Crippen LogP contribution in [0.5, 0.6) is 0 Å². The molecule has 200 valence electrons. The molecule has 0 unspecified atom stereocenters. The van der Waals surface area contributed by atoms with Crippen LogP contribution >= 0.6 is 0 Å². The second kappa shape index (κ2) is 22.6. The van der Waals surface area contributed by atoms with Crippen LogP contribution in [0.2, 0.25) is 0 Å². The zero-order valence-electron chi connectivity index (χ0n) is 18.8. The van der Waals surface area contributed by atoms with Crippen molar-refractivity contribution in [3.63, 3.8) is 0 Å². The van der Waals surface area contributed by atoms with E-state index in [9.17, 15) is 29.4 Å². The van der Waals surface area contributed by atoms with Crippen LogP contribution in [-0.2, 0) is 12.8 Å². The van der Waals surface area contributed by atoms with E-state index in [1.54, 1.807) is 0 Å². The minimum absolute atomic E-state index is 0. The van der Waals surface area contributed by atoms with Crippen molar-refractivity contribution in [1.29, 1.82) is 0 Å². The summed E-state index contributed by atoms with van der Waals surface area (Å²) < 4.78 is 0. The van der Waals surface area contributed by atoms with E-state index >= 15 is 0 Å². The number of rotatable bonds is 8. The Balaban J connectivity index is -0.0000000747. The van der Waals surface area contributed by atoms with Crippen LogP contribution in [0.1, 0.15) is 80.3 Å². The number of aromatic carboxylic acids is 4. The monoisotopic (exact) mass is 526 g/mol. The molecule has 0 saturated heterocycles. The van der Waals surface area contributed by atoms with Gasteiger partial charge in [-0.25, -0.2) is 19.6 Å². The molecule has 2 aromatic rings. The van der Waals surface area contributed by atoms with Crippen LogP contribution < -0.4 is 10.2 Å². The topological polar surface area (TPSA) is 401 Å². The van der Waals surface area contributed by atoms with Crippen LogP contribution in [0.15, 0.2) is 0 Å². The number of H-pyrrole nitrogens is 2. The summed E-state index contributed by atoms with van der Waals surface area (Å²) in [6.45, 7) is 3.75. The fourth-order valence-electron chi connectivity index (χ4n) is 2.16. The van der Waals surface area contributed by atoms with Crippen LogP contribution in [0, 0.1) is 0 Å². The maximum Gasteiger partial charge on any atom is 2.00 e. The molecule has 19 heteroatoms. The molecule has 2 aromatic heterocycles.